The van der Waals surface area contributed by atoms with Crippen LogP contribution in [0.1, 0.15) is 30.9 Å². The van der Waals surface area contributed by atoms with E-state index in [1.807, 2.05) is 26.0 Å². The minimum atomic E-state index is 0.155. The maximum Gasteiger partial charge on any atom is 0.119 e. The van der Waals surface area contributed by atoms with Gasteiger partial charge >= 0.3 is 0 Å². The van der Waals surface area contributed by atoms with E-state index in [-0.39, 0.29) is 6.61 Å². The lowest BCUT2D eigenvalue weighted by Crippen LogP contribution is -1.94. The van der Waals surface area contributed by atoms with Crippen molar-refractivity contribution in [1.29, 1.82) is 0 Å². The second-order valence-electron chi connectivity index (χ2n) is 3.52. The Balaban J connectivity index is 2.97. The smallest absolute Gasteiger partial charge is 0.119 e. The fraction of sp³-hybridized carbons (Fsp3) is 0.455. The normalized spacial score (nSPS) is 10.8. The molecule has 2 N–H and O–H groups in total. The van der Waals surface area contributed by atoms with Crippen molar-refractivity contribution in [2.24, 2.45) is 0 Å². The third kappa shape index (κ3) is 2.46. The van der Waals surface area contributed by atoms with Crippen molar-refractivity contribution in [3.05, 3.63) is 29.3 Å². The molecule has 72 valence electrons. The number of hydrogen-bond donors (Lipinski definition) is 2. The van der Waals surface area contributed by atoms with Crippen LogP contribution >= 0.6 is 0 Å². The maximum absolute atomic E-state index is 9.51. The number of rotatable bonds is 3. The monoisotopic (exact) mass is 180 g/mol. The molecule has 1 aromatic rings. The summed E-state index contributed by atoms with van der Waals surface area (Å²) in [6.45, 7) is 4.23. The second kappa shape index (κ2) is 4.28. The minimum absolute atomic E-state index is 0.155. The van der Waals surface area contributed by atoms with Gasteiger partial charge in [0, 0.05) is 6.61 Å². The Morgan fingerprint density at radius 2 is 2.00 bits per heavy atom. The van der Waals surface area contributed by atoms with Crippen LogP contribution in [0.15, 0.2) is 18.2 Å². The molecule has 0 aliphatic rings. The molecular formula is C11H16O2. The predicted octanol–water partition coefficient (Wildman–Crippen LogP) is 2.05. The van der Waals surface area contributed by atoms with Crippen molar-refractivity contribution in [3.63, 3.8) is 0 Å². The lowest BCUT2D eigenvalue weighted by Gasteiger charge is -2.09. The van der Waals surface area contributed by atoms with E-state index in [2.05, 4.69) is 0 Å². The van der Waals surface area contributed by atoms with E-state index in [1.54, 1.807) is 6.07 Å². The van der Waals surface area contributed by atoms with Gasteiger partial charge in [-0.15, -0.1) is 0 Å². The number of phenols is 1. The summed E-state index contributed by atoms with van der Waals surface area (Å²) in [5.74, 6) is 0.662. The number of phenolic OH excluding ortho intramolecular Hbond substituents is 1. The van der Waals surface area contributed by atoms with Crippen LogP contribution in [0, 0.1) is 0 Å². The van der Waals surface area contributed by atoms with Gasteiger partial charge in [0.25, 0.3) is 0 Å². The largest absolute Gasteiger partial charge is 0.508 e. The van der Waals surface area contributed by atoms with Crippen LogP contribution in [0.25, 0.3) is 0 Å². The number of benzene rings is 1. The molecule has 0 saturated heterocycles. The molecule has 1 aromatic carbocycles. The van der Waals surface area contributed by atoms with Gasteiger partial charge in [0.2, 0.25) is 0 Å². The van der Waals surface area contributed by atoms with Crippen molar-refractivity contribution in [3.8, 4) is 5.75 Å². The van der Waals surface area contributed by atoms with Crippen LogP contribution in [-0.4, -0.2) is 16.8 Å². The van der Waals surface area contributed by atoms with Crippen molar-refractivity contribution in [1.82, 2.24) is 0 Å². The topological polar surface area (TPSA) is 40.5 Å². The molecule has 2 nitrogen and oxygen atoms in total. The van der Waals surface area contributed by atoms with Crippen LogP contribution in [0.2, 0.25) is 0 Å². The molecular weight excluding hydrogens is 164 g/mol. The van der Waals surface area contributed by atoms with E-state index in [0.29, 0.717) is 18.1 Å². The first-order chi connectivity index (χ1) is 6.15. The van der Waals surface area contributed by atoms with E-state index >= 15 is 0 Å². The molecule has 0 bridgehead atoms. The number of aromatic hydroxyl groups is 1. The number of aliphatic hydroxyl groups is 1. The Hall–Kier alpha value is -1.02. The summed E-state index contributed by atoms with van der Waals surface area (Å²) in [5, 5.41) is 18.3. The third-order valence-corrected chi connectivity index (χ3v) is 2.11. The molecule has 0 unspecified atom stereocenters. The molecule has 0 heterocycles. The predicted molar refractivity (Wildman–Crippen MR) is 53.0 cm³/mol. The average molecular weight is 180 g/mol. The summed E-state index contributed by atoms with van der Waals surface area (Å²) < 4.78 is 0. The summed E-state index contributed by atoms with van der Waals surface area (Å²) in [6.07, 6.45) is 0.653. The van der Waals surface area contributed by atoms with Gasteiger partial charge in [-0.3, -0.25) is 0 Å². The zero-order valence-electron chi connectivity index (χ0n) is 8.12. The Morgan fingerprint density at radius 3 is 2.54 bits per heavy atom. The number of aliphatic hydroxyl groups excluding tert-OH is 1. The fourth-order valence-electron chi connectivity index (χ4n) is 1.35. The molecule has 0 spiro atoms. The number of hydrogen-bond acceptors (Lipinski definition) is 2. The van der Waals surface area contributed by atoms with Crippen molar-refractivity contribution in [2.45, 2.75) is 26.2 Å². The lowest BCUT2D eigenvalue weighted by atomic mass is 9.99. The van der Waals surface area contributed by atoms with Gasteiger partial charge in [-0.25, -0.2) is 0 Å². The molecule has 0 fully saturated rings. The zero-order chi connectivity index (χ0) is 9.84. The first kappa shape index (κ1) is 10.1. The molecule has 0 radical (unpaired) electrons. The molecule has 0 atom stereocenters. The average Bonchev–Trinajstić information content (AvgIpc) is 2.08. The quantitative estimate of drug-likeness (QED) is 0.747. The van der Waals surface area contributed by atoms with Gasteiger partial charge in [-0.2, -0.15) is 0 Å². The SMILES string of the molecule is CC(C)c1cc(CCO)ccc1O. The minimum Gasteiger partial charge on any atom is -0.508 e. The zero-order valence-corrected chi connectivity index (χ0v) is 8.12. The van der Waals surface area contributed by atoms with Crippen LogP contribution in [0.3, 0.4) is 0 Å². The Morgan fingerprint density at radius 1 is 1.31 bits per heavy atom. The van der Waals surface area contributed by atoms with E-state index in [4.69, 9.17) is 5.11 Å². The molecule has 0 amide bonds. The molecule has 13 heavy (non-hydrogen) atoms. The maximum atomic E-state index is 9.51. The summed E-state index contributed by atoms with van der Waals surface area (Å²) >= 11 is 0. The van der Waals surface area contributed by atoms with Crippen LogP contribution in [-0.2, 0) is 6.42 Å². The Bertz CT molecular complexity index is 279. The molecule has 1 rings (SSSR count). The lowest BCUT2D eigenvalue weighted by molar-refractivity contribution is 0.299. The van der Waals surface area contributed by atoms with Gasteiger partial charge in [-0.05, 0) is 29.5 Å². The second-order valence-corrected chi connectivity index (χ2v) is 3.52. The van der Waals surface area contributed by atoms with Gasteiger partial charge in [0.15, 0.2) is 0 Å². The van der Waals surface area contributed by atoms with E-state index in [0.717, 1.165) is 11.1 Å². The van der Waals surface area contributed by atoms with E-state index in [9.17, 15) is 5.11 Å². The Kier molecular flexibility index (Phi) is 3.32. The highest BCUT2D eigenvalue weighted by Crippen LogP contribution is 2.26. The first-order valence-electron chi connectivity index (χ1n) is 4.57. The van der Waals surface area contributed by atoms with Crippen molar-refractivity contribution < 1.29 is 10.2 Å². The first-order valence-corrected chi connectivity index (χ1v) is 4.57. The summed E-state index contributed by atoms with van der Waals surface area (Å²) in [6, 6.07) is 5.49. The summed E-state index contributed by atoms with van der Waals surface area (Å²) in [4.78, 5) is 0. The fourth-order valence-corrected chi connectivity index (χ4v) is 1.35. The third-order valence-electron chi connectivity index (χ3n) is 2.11. The van der Waals surface area contributed by atoms with Crippen LogP contribution < -0.4 is 0 Å². The standard InChI is InChI=1S/C11H16O2/c1-8(2)10-7-9(5-6-12)3-4-11(10)13/h3-4,7-8,12-13H,5-6H2,1-2H3. The van der Waals surface area contributed by atoms with Crippen molar-refractivity contribution in [2.75, 3.05) is 6.61 Å². The molecule has 0 saturated carbocycles. The molecule has 2 heteroatoms. The van der Waals surface area contributed by atoms with Gasteiger partial charge in [-0.1, -0.05) is 26.0 Å². The van der Waals surface area contributed by atoms with Gasteiger partial charge in [0.1, 0.15) is 5.75 Å². The molecule has 0 aromatic heterocycles. The summed E-state index contributed by atoms with van der Waals surface area (Å²) in [7, 11) is 0. The highest BCUT2D eigenvalue weighted by Gasteiger charge is 2.06. The van der Waals surface area contributed by atoms with Gasteiger partial charge < -0.3 is 10.2 Å². The van der Waals surface area contributed by atoms with Crippen LogP contribution in [0.4, 0.5) is 0 Å². The molecule has 0 aliphatic carbocycles. The highest BCUT2D eigenvalue weighted by atomic mass is 16.3. The summed E-state index contributed by atoms with van der Waals surface area (Å²) in [5.41, 5.74) is 2.02. The highest BCUT2D eigenvalue weighted by molar-refractivity contribution is 5.38. The van der Waals surface area contributed by atoms with Gasteiger partial charge in [0.05, 0.1) is 0 Å². The van der Waals surface area contributed by atoms with E-state index < -0.39 is 0 Å². The van der Waals surface area contributed by atoms with Crippen molar-refractivity contribution >= 4 is 0 Å². The van der Waals surface area contributed by atoms with E-state index in [1.165, 1.54) is 0 Å². The Labute approximate surface area is 78.8 Å². The molecule has 0 aliphatic heterocycles. The van der Waals surface area contributed by atoms with Crippen LogP contribution in [0.5, 0.6) is 5.75 Å².